The SMILES string of the molecule is COc1ccc(C)cc1S(=O)(=O)N1CCN(C(=O)c2cccc(F)c2)CC1. The highest BCUT2D eigenvalue weighted by atomic mass is 32.2. The number of aryl methyl sites for hydroxylation is 1. The summed E-state index contributed by atoms with van der Waals surface area (Å²) in [7, 11) is -2.31. The van der Waals surface area contributed by atoms with Gasteiger partial charge in [0.1, 0.15) is 16.5 Å². The number of piperazine rings is 1. The minimum absolute atomic E-state index is 0.120. The summed E-state index contributed by atoms with van der Waals surface area (Å²) in [4.78, 5) is 14.2. The molecule has 1 aliphatic rings. The molecule has 0 saturated carbocycles. The smallest absolute Gasteiger partial charge is 0.254 e. The number of carbonyl (C=O) groups excluding carboxylic acids is 1. The van der Waals surface area contributed by atoms with Crippen LogP contribution in [0.5, 0.6) is 5.75 Å². The lowest BCUT2D eigenvalue weighted by Crippen LogP contribution is -2.50. The number of hydrogen-bond donors (Lipinski definition) is 0. The maximum atomic E-state index is 13.3. The van der Waals surface area contributed by atoms with E-state index in [4.69, 9.17) is 4.74 Å². The maximum absolute atomic E-state index is 13.3. The van der Waals surface area contributed by atoms with Crippen molar-refractivity contribution in [1.29, 1.82) is 0 Å². The molecule has 1 amide bonds. The van der Waals surface area contributed by atoms with Gasteiger partial charge in [0.15, 0.2) is 0 Å². The van der Waals surface area contributed by atoms with Crippen LogP contribution in [0.3, 0.4) is 0 Å². The van der Waals surface area contributed by atoms with E-state index >= 15 is 0 Å². The zero-order valence-electron chi connectivity index (χ0n) is 15.2. The van der Waals surface area contributed by atoms with Crippen molar-refractivity contribution in [3.8, 4) is 5.75 Å². The normalized spacial score (nSPS) is 15.6. The summed E-state index contributed by atoms with van der Waals surface area (Å²) in [5.74, 6) is -0.493. The van der Waals surface area contributed by atoms with Gasteiger partial charge in [0.25, 0.3) is 5.91 Å². The van der Waals surface area contributed by atoms with Gasteiger partial charge >= 0.3 is 0 Å². The Morgan fingerprint density at radius 2 is 1.78 bits per heavy atom. The van der Waals surface area contributed by atoms with Gasteiger partial charge in [-0.2, -0.15) is 4.31 Å². The Morgan fingerprint density at radius 1 is 1.07 bits per heavy atom. The van der Waals surface area contributed by atoms with Crippen molar-refractivity contribution in [3.05, 3.63) is 59.4 Å². The third kappa shape index (κ3) is 3.96. The molecule has 0 aliphatic carbocycles. The number of amides is 1. The molecule has 1 saturated heterocycles. The van der Waals surface area contributed by atoms with Gasteiger partial charge in [-0.15, -0.1) is 0 Å². The zero-order chi connectivity index (χ0) is 19.6. The minimum Gasteiger partial charge on any atom is -0.495 e. The van der Waals surface area contributed by atoms with Gasteiger partial charge in [0.05, 0.1) is 7.11 Å². The van der Waals surface area contributed by atoms with Crippen LogP contribution in [0, 0.1) is 12.7 Å². The first-order valence-corrected chi connectivity index (χ1v) is 9.96. The molecule has 0 radical (unpaired) electrons. The first kappa shape index (κ1) is 19.3. The molecule has 0 N–H and O–H groups in total. The Kier molecular flexibility index (Phi) is 5.48. The molecule has 144 valence electrons. The fraction of sp³-hybridized carbons (Fsp3) is 0.316. The summed E-state index contributed by atoms with van der Waals surface area (Å²) >= 11 is 0. The van der Waals surface area contributed by atoms with E-state index in [0.29, 0.717) is 5.75 Å². The van der Waals surface area contributed by atoms with Gasteiger partial charge in [-0.05, 0) is 42.8 Å². The molecule has 0 aromatic heterocycles. The van der Waals surface area contributed by atoms with E-state index in [-0.39, 0.29) is 42.5 Å². The molecule has 8 heteroatoms. The predicted octanol–water partition coefficient (Wildman–Crippen LogP) is 2.29. The topological polar surface area (TPSA) is 66.9 Å². The van der Waals surface area contributed by atoms with E-state index in [1.165, 1.54) is 34.5 Å². The molecule has 2 aromatic carbocycles. The van der Waals surface area contributed by atoms with Crippen LogP contribution in [0.25, 0.3) is 0 Å². The third-order valence-corrected chi connectivity index (χ3v) is 6.45. The van der Waals surface area contributed by atoms with Gasteiger partial charge in [-0.3, -0.25) is 4.79 Å². The number of benzene rings is 2. The number of sulfonamides is 1. The number of ether oxygens (including phenoxy) is 1. The number of nitrogens with zero attached hydrogens (tertiary/aromatic N) is 2. The van der Waals surface area contributed by atoms with Crippen molar-refractivity contribution in [1.82, 2.24) is 9.21 Å². The van der Waals surface area contributed by atoms with Crippen LogP contribution in [0.15, 0.2) is 47.4 Å². The Hall–Kier alpha value is -2.45. The monoisotopic (exact) mass is 392 g/mol. The molecule has 2 aromatic rings. The number of rotatable bonds is 4. The summed E-state index contributed by atoms with van der Waals surface area (Å²) in [6, 6.07) is 10.5. The molecular weight excluding hydrogens is 371 g/mol. The molecule has 0 spiro atoms. The van der Waals surface area contributed by atoms with Gasteiger partial charge in [0, 0.05) is 31.7 Å². The van der Waals surface area contributed by atoms with Crippen molar-refractivity contribution in [2.45, 2.75) is 11.8 Å². The molecule has 1 aliphatic heterocycles. The predicted molar refractivity (Wildman–Crippen MR) is 98.8 cm³/mol. The van der Waals surface area contributed by atoms with Gasteiger partial charge in [0.2, 0.25) is 10.0 Å². The average molecular weight is 392 g/mol. The summed E-state index contributed by atoms with van der Waals surface area (Å²) in [5, 5.41) is 0. The van der Waals surface area contributed by atoms with Crippen LogP contribution in [-0.2, 0) is 10.0 Å². The Morgan fingerprint density at radius 3 is 2.41 bits per heavy atom. The lowest BCUT2D eigenvalue weighted by molar-refractivity contribution is 0.0697. The second kappa shape index (κ2) is 7.66. The number of halogens is 1. The number of methoxy groups -OCH3 is 1. The fourth-order valence-electron chi connectivity index (χ4n) is 3.06. The summed E-state index contributed by atoms with van der Waals surface area (Å²) < 4.78 is 45.9. The van der Waals surface area contributed by atoms with E-state index in [1.54, 1.807) is 24.3 Å². The molecule has 1 heterocycles. The standard InChI is InChI=1S/C19H21FN2O4S/c1-14-6-7-17(26-2)18(12-14)27(24,25)22-10-8-21(9-11-22)19(23)15-4-3-5-16(20)13-15/h3-7,12-13H,8-11H2,1-2H3. The quantitative estimate of drug-likeness (QED) is 0.801. The van der Waals surface area contributed by atoms with Gasteiger partial charge < -0.3 is 9.64 Å². The van der Waals surface area contributed by atoms with Crippen LogP contribution in [0.2, 0.25) is 0 Å². The fourth-order valence-corrected chi connectivity index (χ4v) is 4.72. The highest BCUT2D eigenvalue weighted by molar-refractivity contribution is 7.89. The lowest BCUT2D eigenvalue weighted by atomic mass is 10.2. The van der Waals surface area contributed by atoms with Crippen molar-refractivity contribution in [2.75, 3.05) is 33.3 Å². The van der Waals surface area contributed by atoms with E-state index in [1.807, 2.05) is 6.92 Å². The molecule has 3 rings (SSSR count). The third-order valence-electron chi connectivity index (χ3n) is 4.53. The van der Waals surface area contributed by atoms with E-state index in [9.17, 15) is 17.6 Å². The molecule has 0 bridgehead atoms. The molecular formula is C19H21FN2O4S. The van der Waals surface area contributed by atoms with Crippen molar-refractivity contribution < 1.29 is 22.3 Å². The van der Waals surface area contributed by atoms with Crippen LogP contribution < -0.4 is 4.74 Å². The molecule has 1 fully saturated rings. The largest absolute Gasteiger partial charge is 0.495 e. The molecule has 6 nitrogen and oxygen atoms in total. The highest BCUT2D eigenvalue weighted by Gasteiger charge is 2.32. The van der Waals surface area contributed by atoms with Crippen LogP contribution in [-0.4, -0.2) is 56.8 Å². The first-order chi connectivity index (χ1) is 12.8. The van der Waals surface area contributed by atoms with E-state index in [2.05, 4.69) is 0 Å². The summed E-state index contributed by atoms with van der Waals surface area (Å²) in [5.41, 5.74) is 1.07. The van der Waals surface area contributed by atoms with Crippen LogP contribution in [0.4, 0.5) is 4.39 Å². The minimum atomic E-state index is -3.74. The Bertz CT molecular complexity index is 954. The zero-order valence-corrected chi connectivity index (χ0v) is 16.0. The number of hydrogen-bond acceptors (Lipinski definition) is 4. The van der Waals surface area contributed by atoms with E-state index < -0.39 is 15.8 Å². The van der Waals surface area contributed by atoms with Crippen molar-refractivity contribution in [3.63, 3.8) is 0 Å². The average Bonchev–Trinajstić information content (AvgIpc) is 2.67. The molecule has 27 heavy (non-hydrogen) atoms. The van der Waals surface area contributed by atoms with Crippen LogP contribution >= 0.6 is 0 Å². The lowest BCUT2D eigenvalue weighted by Gasteiger charge is -2.34. The van der Waals surface area contributed by atoms with Crippen molar-refractivity contribution in [2.24, 2.45) is 0 Å². The Balaban J connectivity index is 1.75. The highest BCUT2D eigenvalue weighted by Crippen LogP contribution is 2.28. The summed E-state index contributed by atoms with van der Waals surface area (Å²) in [6.07, 6.45) is 0. The van der Waals surface area contributed by atoms with Crippen molar-refractivity contribution >= 4 is 15.9 Å². The summed E-state index contributed by atoms with van der Waals surface area (Å²) in [6.45, 7) is 2.63. The Labute approximate surface area is 158 Å². The molecule has 0 unspecified atom stereocenters. The second-order valence-corrected chi connectivity index (χ2v) is 8.27. The van der Waals surface area contributed by atoms with E-state index in [0.717, 1.165) is 5.56 Å². The number of carbonyl (C=O) groups is 1. The first-order valence-electron chi connectivity index (χ1n) is 8.52. The molecule has 0 atom stereocenters. The van der Waals surface area contributed by atoms with Crippen LogP contribution in [0.1, 0.15) is 15.9 Å². The second-order valence-electron chi connectivity index (χ2n) is 6.36. The van der Waals surface area contributed by atoms with Gasteiger partial charge in [-0.1, -0.05) is 12.1 Å². The van der Waals surface area contributed by atoms with Gasteiger partial charge in [-0.25, -0.2) is 12.8 Å². The maximum Gasteiger partial charge on any atom is 0.254 e.